The third-order valence-corrected chi connectivity index (χ3v) is 11.1. The highest BCUT2D eigenvalue weighted by molar-refractivity contribution is 6.33. The number of nitrogens with zero attached hydrogens (tertiary/aromatic N) is 9. The van der Waals surface area contributed by atoms with Crippen LogP contribution in [0.2, 0.25) is 5.02 Å². The summed E-state index contributed by atoms with van der Waals surface area (Å²) in [4.78, 5) is 69.7. The van der Waals surface area contributed by atoms with Crippen molar-refractivity contribution in [1.29, 1.82) is 0 Å². The predicted octanol–water partition coefficient (Wildman–Crippen LogP) is 4.21. The maximum Gasteiger partial charge on any atom is 0.323 e. The third kappa shape index (κ3) is 6.84. The Bertz CT molecular complexity index is 2330. The van der Waals surface area contributed by atoms with E-state index < -0.39 is 18.0 Å². The van der Waals surface area contributed by atoms with E-state index >= 15 is 0 Å². The van der Waals surface area contributed by atoms with Crippen LogP contribution in [0.25, 0.3) is 17.2 Å². The molecule has 3 fully saturated rings. The smallest absolute Gasteiger partial charge is 0.323 e. The zero-order valence-corrected chi connectivity index (χ0v) is 30.5. The number of carbonyl (C=O) groups is 4. The summed E-state index contributed by atoms with van der Waals surface area (Å²) in [7, 11) is 0. The van der Waals surface area contributed by atoms with Crippen molar-refractivity contribution in [2.45, 2.75) is 63.6 Å². The van der Waals surface area contributed by atoms with Gasteiger partial charge in [0.05, 0.1) is 47.2 Å². The molecule has 4 aromatic heterocycles. The fourth-order valence-electron chi connectivity index (χ4n) is 8.06. The van der Waals surface area contributed by atoms with Crippen LogP contribution in [0.5, 0.6) is 0 Å². The Morgan fingerprint density at radius 2 is 1.82 bits per heavy atom. The first kappa shape index (κ1) is 34.8. The molecule has 9 rings (SSSR count). The van der Waals surface area contributed by atoms with Crippen molar-refractivity contribution in [3.8, 4) is 11.5 Å². The first-order valence-electron chi connectivity index (χ1n) is 18.4. The Balaban J connectivity index is 0.791. The highest BCUT2D eigenvalue weighted by atomic mass is 35.5. The van der Waals surface area contributed by atoms with Gasteiger partial charge in [0.25, 0.3) is 5.91 Å². The summed E-state index contributed by atoms with van der Waals surface area (Å²) in [6.07, 6.45) is 9.76. The summed E-state index contributed by atoms with van der Waals surface area (Å²) < 4.78 is 7.38. The van der Waals surface area contributed by atoms with Crippen molar-refractivity contribution in [3.63, 3.8) is 0 Å². The molecule has 7 heterocycles. The van der Waals surface area contributed by atoms with Crippen molar-refractivity contribution >= 4 is 58.1 Å². The summed E-state index contributed by atoms with van der Waals surface area (Å²) in [5, 5.41) is 16.9. The van der Waals surface area contributed by atoms with Gasteiger partial charge in [-0.15, -0.1) is 0 Å². The average molecular weight is 765 g/mol. The molecule has 0 spiro atoms. The Morgan fingerprint density at radius 3 is 2.62 bits per heavy atom. The van der Waals surface area contributed by atoms with E-state index in [0.29, 0.717) is 48.0 Å². The molecule has 1 aromatic carbocycles. The summed E-state index contributed by atoms with van der Waals surface area (Å²) in [6, 6.07) is 8.14. The second-order valence-electron chi connectivity index (χ2n) is 14.3. The second-order valence-corrected chi connectivity index (χ2v) is 14.7. The molecule has 18 heteroatoms. The van der Waals surface area contributed by atoms with Crippen LogP contribution in [0.4, 0.5) is 21.9 Å². The molecule has 1 atom stereocenters. The van der Waals surface area contributed by atoms with Gasteiger partial charge in [-0.25, -0.2) is 19.3 Å². The number of urea groups is 1. The number of hydrogen-bond acceptors (Lipinski definition) is 12. The lowest BCUT2D eigenvalue weighted by Gasteiger charge is -2.35. The van der Waals surface area contributed by atoms with E-state index in [4.69, 9.17) is 16.1 Å². The van der Waals surface area contributed by atoms with Crippen LogP contribution < -0.4 is 20.9 Å². The molecule has 17 nitrogen and oxygen atoms in total. The van der Waals surface area contributed by atoms with E-state index in [1.54, 1.807) is 27.9 Å². The number of pyridine rings is 1. The SMILES string of the molecule is O=C1CCC(N2Cc3cc(N4CCN(Cc5nc(-c6ncc(NC(=O)Nc7cnc8ccnn8c7C7CCCC7)cc6Cl)no5)CC4)ccc3C2=O)C(=O)N1. The van der Waals surface area contributed by atoms with Gasteiger partial charge in [-0.1, -0.05) is 29.6 Å². The molecule has 1 aliphatic carbocycles. The summed E-state index contributed by atoms with van der Waals surface area (Å²) in [6.45, 7) is 3.76. The molecule has 2 saturated heterocycles. The lowest BCUT2D eigenvalue weighted by atomic mass is 10.0. The zero-order valence-electron chi connectivity index (χ0n) is 29.7. The molecular weight excluding hydrogens is 728 g/mol. The zero-order chi connectivity index (χ0) is 37.6. The predicted molar refractivity (Wildman–Crippen MR) is 199 cm³/mol. The van der Waals surface area contributed by atoms with Gasteiger partial charge >= 0.3 is 6.03 Å². The molecule has 0 bridgehead atoms. The number of halogens is 1. The highest BCUT2D eigenvalue weighted by Crippen LogP contribution is 2.38. The number of anilines is 3. The van der Waals surface area contributed by atoms with Crippen molar-refractivity contribution in [2.75, 3.05) is 41.7 Å². The monoisotopic (exact) mass is 764 g/mol. The number of piperazine rings is 1. The van der Waals surface area contributed by atoms with Crippen molar-refractivity contribution in [3.05, 3.63) is 76.7 Å². The Hall–Kier alpha value is -5.94. The molecule has 282 valence electrons. The van der Waals surface area contributed by atoms with Gasteiger partial charge in [-0.3, -0.25) is 24.6 Å². The molecular formula is C37H37ClN12O5. The van der Waals surface area contributed by atoms with E-state index in [-0.39, 0.29) is 35.0 Å². The van der Waals surface area contributed by atoms with E-state index in [9.17, 15) is 19.2 Å². The molecule has 5 aromatic rings. The molecule has 3 N–H and O–H groups in total. The van der Waals surface area contributed by atoms with E-state index in [0.717, 1.165) is 74.5 Å². The number of hydrogen-bond donors (Lipinski definition) is 3. The van der Waals surface area contributed by atoms with Crippen LogP contribution in [-0.2, 0) is 22.7 Å². The van der Waals surface area contributed by atoms with Gasteiger partial charge in [0.15, 0.2) is 5.65 Å². The topological polar surface area (TPSA) is 196 Å². The number of nitrogens with one attached hydrogen (secondary N) is 3. The number of benzene rings is 1. The Morgan fingerprint density at radius 1 is 0.982 bits per heavy atom. The number of piperidine rings is 1. The van der Waals surface area contributed by atoms with Gasteiger partial charge in [0, 0.05) is 62.4 Å². The second kappa shape index (κ2) is 14.4. The van der Waals surface area contributed by atoms with Gasteiger partial charge in [0.2, 0.25) is 23.5 Å². The third-order valence-electron chi connectivity index (χ3n) is 10.8. The molecule has 1 unspecified atom stereocenters. The largest absolute Gasteiger partial charge is 0.369 e. The normalized spacial score (nSPS) is 19.3. The first-order valence-corrected chi connectivity index (χ1v) is 18.8. The van der Waals surface area contributed by atoms with Crippen molar-refractivity contribution in [1.82, 2.24) is 44.8 Å². The summed E-state index contributed by atoms with van der Waals surface area (Å²) >= 11 is 6.60. The number of fused-ring (bicyclic) bond motifs is 2. The average Bonchev–Trinajstić information content (AvgIpc) is 4.01. The van der Waals surface area contributed by atoms with Gasteiger partial charge in [-0.2, -0.15) is 10.1 Å². The lowest BCUT2D eigenvalue weighted by Crippen LogP contribution is -2.52. The van der Waals surface area contributed by atoms with E-state index in [2.05, 4.69) is 51.0 Å². The summed E-state index contributed by atoms with van der Waals surface area (Å²) in [5.41, 5.74) is 5.50. The number of imide groups is 1. The molecule has 1 saturated carbocycles. The lowest BCUT2D eigenvalue weighted by molar-refractivity contribution is -0.136. The van der Waals surface area contributed by atoms with Crippen LogP contribution in [0.3, 0.4) is 0 Å². The van der Waals surface area contributed by atoms with Crippen molar-refractivity contribution in [2.24, 2.45) is 0 Å². The maximum absolute atomic E-state index is 13.1. The fraction of sp³-hybridized carbons (Fsp3) is 0.378. The van der Waals surface area contributed by atoms with Crippen LogP contribution >= 0.6 is 11.6 Å². The molecule has 0 radical (unpaired) electrons. The van der Waals surface area contributed by atoms with E-state index in [1.165, 1.54) is 6.20 Å². The first-order chi connectivity index (χ1) is 26.8. The molecule has 55 heavy (non-hydrogen) atoms. The molecule has 4 aliphatic rings. The minimum Gasteiger partial charge on any atom is -0.369 e. The van der Waals surface area contributed by atoms with E-state index in [1.807, 2.05) is 24.3 Å². The Kier molecular flexibility index (Phi) is 9.09. The quantitative estimate of drug-likeness (QED) is 0.191. The van der Waals surface area contributed by atoms with Crippen LogP contribution in [0, 0.1) is 0 Å². The highest BCUT2D eigenvalue weighted by Gasteiger charge is 2.39. The van der Waals surface area contributed by atoms with Crippen LogP contribution in [0.15, 0.2) is 53.4 Å². The maximum atomic E-state index is 13.1. The van der Waals surface area contributed by atoms with Gasteiger partial charge in [-0.05, 0) is 49.1 Å². The minimum atomic E-state index is -0.639. The standard InChI is InChI=1S/C37H37ClN12O5/c38-26-16-23(42-37(54)43-27-18-39-29-9-10-41-50(29)33(27)21-3-1-2-4-21)17-40-32(26)34-45-31(55-46-34)20-47-11-13-48(14-12-47)24-5-6-25-22(15-24)19-49(36(25)53)28-7-8-30(51)44-35(28)52/h5-6,9-10,15-18,21,28H,1-4,7-8,11-14,19-20H2,(H2,42,43,54)(H,44,51,52). The number of amides is 5. The number of rotatable bonds is 8. The number of carbonyl (C=O) groups excluding carboxylic acids is 4. The minimum absolute atomic E-state index is 0.183. The van der Waals surface area contributed by atoms with Crippen LogP contribution in [-0.4, -0.2) is 95.5 Å². The number of aromatic nitrogens is 6. The fourth-order valence-corrected chi connectivity index (χ4v) is 8.31. The van der Waals surface area contributed by atoms with Gasteiger partial charge in [0.1, 0.15) is 11.7 Å². The molecule has 5 amide bonds. The Labute approximate surface area is 319 Å². The van der Waals surface area contributed by atoms with Crippen molar-refractivity contribution < 1.29 is 23.7 Å². The van der Waals surface area contributed by atoms with Gasteiger partial charge < -0.3 is 25.0 Å². The summed E-state index contributed by atoms with van der Waals surface area (Å²) in [5.74, 6) is 0.0507. The molecule has 3 aliphatic heterocycles. The van der Waals surface area contributed by atoms with Crippen LogP contribution in [0.1, 0.15) is 71.9 Å².